The number of aromatic nitrogens is 2. The summed E-state index contributed by atoms with van der Waals surface area (Å²) in [6.45, 7) is 9.51. The van der Waals surface area contributed by atoms with Crippen LogP contribution in [0.5, 0.6) is 5.75 Å². The second-order valence-electron chi connectivity index (χ2n) is 5.10. The first-order chi connectivity index (χ1) is 10.6. The second-order valence-corrected chi connectivity index (χ2v) is 5.10. The van der Waals surface area contributed by atoms with Gasteiger partial charge in [0.05, 0.1) is 12.8 Å². The summed E-state index contributed by atoms with van der Waals surface area (Å²) in [5.41, 5.74) is 1.93. The lowest BCUT2D eigenvalue weighted by Gasteiger charge is -2.17. The van der Waals surface area contributed by atoms with Crippen LogP contribution in [0, 0.1) is 6.92 Å². The lowest BCUT2D eigenvalue weighted by atomic mass is 10.3. The lowest BCUT2D eigenvalue weighted by Crippen LogP contribution is -2.35. The summed E-state index contributed by atoms with van der Waals surface area (Å²) in [5.74, 6) is 0.554. The quantitative estimate of drug-likeness (QED) is 0.846. The molecule has 120 valence electrons. The van der Waals surface area contributed by atoms with Crippen LogP contribution in [0.25, 0.3) is 5.65 Å². The number of amides is 1. The maximum Gasteiger partial charge on any atom is 0.270 e. The van der Waals surface area contributed by atoms with Crippen LogP contribution in [0.1, 0.15) is 30.0 Å². The van der Waals surface area contributed by atoms with Crippen molar-refractivity contribution in [2.75, 3.05) is 33.3 Å². The molecular formula is C16H24N4O2. The third kappa shape index (κ3) is 3.22. The van der Waals surface area contributed by atoms with Gasteiger partial charge in [-0.05, 0) is 32.1 Å². The van der Waals surface area contributed by atoms with Crippen LogP contribution in [0.15, 0.2) is 18.3 Å². The Morgan fingerprint density at radius 1 is 1.41 bits per heavy atom. The van der Waals surface area contributed by atoms with E-state index in [1.165, 1.54) is 0 Å². The van der Waals surface area contributed by atoms with Gasteiger partial charge >= 0.3 is 0 Å². The van der Waals surface area contributed by atoms with Crippen molar-refractivity contribution < 1.29 is 9.53 Å². The SMILES string of the molecule is CCN(CC)CCNC(=O)c1c(C)nc2c(OC)cccn12. The van der Waals surface area contributed by atoms with E-state index in [4.69, 9.17) is 4.74 Å². The Hall–Kier alpha value is -2.08. The highest BCUT2D eigenvalue weighted by atomic mass is 16.5. The number of imidazole rings is 1. The van der Waals surface area contributed by atoms with Crippen LogP contribution in [0.2, 0.25) is 0 Å². The molecule has 1 N–H and O–H groups in total. The van der Waals surface area contributed by atoms with Gasteiger partial charge in [0.25, 0.3) is 5.91 Å². The van der Waals surface area contributed by atoms with Crippen LogP contribution in [-0.2, 0) is 0 Å². The number of fused-ring (bicyclic) bond motifs is 1. The molecule has 2 rings (SSSR count). The Balaban J connectivity index is 2.16. The number of likely N-dealkylation sites (N-methyl/N-ethyl adjacent to an activating group) is 1. The molecule has 0 aliphatic heterocycles. The third-order valence-corrected chi connectivity index (χ3v) is 3.83. The molecule has 0 aromatic carbocycles. The lowest BCUT2D eigenvalue weighted by molar-refractivity contribution is 0.0942. The highest BCUT2D eigenvalue weighted by molar-refractivity contribution is 5.94. The van der Waals surface area contributed by atoms with Crippen molar-refractivity contribution in [1.29, 1.82) is 0 Å². The van der Waals surface area contributed by atoms with Gasteiger partial charge in [0.15, 0.2) is 11.4 Å². The zero-order valence-electron chi connectivity index (χ0n) is 13.7. The van der Waals surface area contributed by atoms with E-state index in [2.05, 4.69) is 29.0 Å². The number of ether oxygens (including phenoxy) is 1. The molecule has 0 atom stereocenters. The number of carbonyl (C=O) groups excluding carboxylic acids is 1. The van der Waals surface area contributed by atoms with E-state index in [0.717, 1.165) is 19.6 Å². The summed E-state index contributed by atoms with van der Waals surface area (Å²) in [6, 6.07) is 3.68. The second kappa shape index (κ2) is 7.26. The number of hydrogen-bond donors (Lipinski definition) is 1. The first-order valence-corrected chi connectivity index (χ1v) is 7.64. The standard InChI is InChI=1S/C16H24N4O2/c1-5-19(6-2)11-9-17-16(21)14-12(3)18-15-13(22-4)8-7-10-20(14)15/h7-8,10H,5-6,9,11H2,1-4H3,(H,17,21). The van der Waals surface area contributed by atoms with E-state index in [9.17, 15) is 4.79 Å². The first-order valence-electron chi connectivity index (χ1n) is 7.64. The normalized spacial score (nSPS) is 11.1. The summed E-state index contributed by atoms with van der Waals surface area (Å²) in [5, 5.41) is 2.97. The van der Waals surface area contributed by atoms with Crippen molar-refractivity contribution in [3.05, 3.63) is 29.7 Å². The van der Waals surface area contributed by atoms with Gasteiger partial charge in [0.2, 0.25) is 0 Å². The molecule has 2 aromatic rings. The molecule has 0 spiro atoms. The van der Waals surface area contributed by atoms with Crippen LogP contribution < -0.4 is 10.1 Å². The largest absolute Gasteiger partial charge is 0.493 e. The van der Waals surface area contributed by atoms with Crippen LogP contribution in [0.4, 0.5) is 0 Å². The van der Waals surface area contributed by atoms with E-state index in [0.29, 0.717) is 29.3 Å². The Morgan fingerprint density at radius 3 is 2.77 bits per heavy atom. The van der Waals surface area contributed by atoms with E-state index in [1.807, 2.05) is 25.3 Å². The van der Waals surface area contributed by atoms with E-state index >= 15 is 0 Å². The zero-order chi connectivity index (χ0) is 16.1. The smallest absolute Gasteiger partial charge is 0.270 e. The molecule has 6 heteroatoms. The Morgan fingerprint density at radius 2 is 2.14 bits per heavy atom. The number of carbonyl (C=O) groups is 1. The predicted octanol–water partition coefficient (Wildman–Crippen LogP) is 1.72. The van der Waals surface area contributed by atoms with Crippen molar-refractivity contribution in [2.45, 2.75) is 20.8 Å². The minimum atomic E-state index is -0.106. The van der Waals surface area contributed by atoms with Crippen molar-refractivity contribution >= 4 is 11.6 Å². The minimum Gasteiger partial charge on any atom is -0.493 e. The fourth-order valence-corrected chi connectivity index (χ4v) is 2.54. The summed E-state index contributed by atoms with van der Waals surface area (Å²) < 4.78 is 7.07. The van der Waals surface area contributed by atoms with Gasteiger partial charge in [-0.2, -0.15) is 0 Å². The van der Waals surface area contributed by atoms with Crippen molar-refractivity contribution in [3.8, 4) is 5.75 Å². The van der Waals surface area contributed by atoms with Gasteiger partial charge in [-0.15, -0.1) is 0 Å². The Kier molecular flexibility index (Phi) is 5.38. The summed E-state index contributed by atoms with van der Waals surface area (Å²) in [7, 11) is 1.60. The average molecular weight is 304 g/mol. The first kappa shape index (κ1) is 16.3. The van der Waals surface area contributed by atoms with Gasteiger partial charge in [-0.25, -0.2) is 4.98 Å². The number of methoxy groups -OCH3 is 1. The highest BCUT2D eigenvalue weighted by Crippen LogP contribution is 2.21. The highest BCUT2D eigenvalue weighted by Gasteiger charge is 2.18. The van der Waals surface area contributed by atoms with Gasteiger partial charge in [-0.3, -0.25) is 9.20 Å². The molecule has 2 heterocycles. The van der Waals surface area contributed by atoms with E-state index in [-0.39, 0.29) is 5.91 Å². The Labute approximate surface area is 131 Å². The molecule has 0 fully saturated rings. The van der Waals surface area contributed by atoms with Gasteiger partial charge < -0.3 is 15.0 Å². The van der Waals surface area contributed by atoms with E-state index < -0.39 is 0 Å². The maximum absolute atomic E-state index is 12.5. The molecule has 6 nitrogen and oxygen atoms in total. The molecule has 2 aromatic heterocycles. The molecule has 22 heavy (non-hydrogen) atoms. The molecule has 0 saturated carbocycles. The number of pyridine rings is 1. The molecule has 0 radical (unpaired) electrons. The molecule has 0 aliphatic carbocycles. The van der Waals surface area contributed by atoms with Crippen molar-refractivity contribution in [3.63, 3.8) is 0 Å². The zero-order valence-corrected chi connectivity index (χ0v) is 13.7. The average Bonchev–Trinajstić information content (AvgIpc) is 2.87. The predicted molar refractivity (Wildman–Crippen MR) is 86.6 cm³/mol. The summed E-state index contributed by atoms with van der Waals surface area (Å²) >= 11 is 0. The van der Waals surface area contributed by atoms with Gasteiger partial charge in [-0.1, -0.05) is 13.8 Å². The molecule has 0 aliphatic rings. The fourth-order valence-electron chi connectivity index (χ4n) is 2.54. The monoisotopic (exact) mass is 304 g/mol. The van der Waals surface area contributed by atoms with E-state index in [1.54, 1.807) is 11.5 Å². The Bertz CT molecular complexity index is 647. The number of nitrogens with one attached hydrogen (secondary N) is 1. The summed E-state index contributed by atoms with van der Waals surface area (Å²) in [4.78, 5) is 19.2. The molecule has 1 amide bonds. The molecule has 0 saturated heterocycles. The van der Waals surface area contributed by atoms with Crippen LogP contribution in [-0.4, -0.2) is 53.5 Å². The number of hydrogen-bond acceptors (Lipinski definition) is 4. The third-order valence-electron chi connectivity index (χ3n) is 3.83. The van der Waals surface area contributed by atoms with Gasteiger partial charge in [0.1, 0.15) is 5.69 Å². The summed E-state index contributed by atoms with van der Waals surface area (Å²) in [6.07, 6.45) is 1.83. The number of aryl methyl sites for hydroxylation is 1. The van der Waals surface area contributed by atoms with Crippen LogP contribution in [0.3, 0.4) is 0 Å². The van der Waals surface area contributed by atoms with Crippen molar-refractivity contribution in [2.24, 2.45) is 0 Å². The fraction of sp³-hybridized carbons (Fsp3) is 0.500. The number of nitrogens with zero attached hydrogens (tertiary/aromatic N) is 3. The van der Waals surface area contributed by atoms with Crippen molar-refractivity contribution in [1.82, 2.24) is 19.6 Å². The molecular weight excluding hydrogens is 280 g/mol. The minimum absolute atomic E-state index is 0.106. The molecule has 0 unspecified atom stereocenters. The van der Waals surface area contributed by atoms with Gasteiger partial charge in [0, 0.05) is 19.3 Å². The topological polar surface area (TPSA) is 58.9 Å². The molecule has 0 bridgehead atoms. The number of rotatable bonds is 7. The van der Waals surface area contributed by atoms with Crippen LogP contribution >= 0.6 is 0 Å². The maximum atomic E-state index is 12.5.